The van der Waals surface area contributed by atoms with Crippen molar-refractivity contribution in [2.45, 2.75) is 6.10 Å². The number of amidine groups is 1. The van der Waals surface area contributed by atoms with Gasteiger partial charge in [0.15, 0.2) is 16.7 Å². The highest BCUT2D eigenvalue weighted by Crippen LogP contribution is 2.36. The summed E-state index contributed by atoms with van der Waals surface area (Å²) in [6.45, 7) is 0.815. The number of para-hydroxylation sites is 2. The van der Waals surface area contributed by atoms with Gasteiger partial charge in [-0.3, -0.25) is 4.79 Å². The molecule has 7 heteroatoms. The van der Waals surface area contributed by atoms with Crippen LogP contribution in [0.3, 0.4) is 0 Å². The van der Waals surface area contributed by atoms with Crippen LogP contribution in [0, 0.1) is 0 Å². The van der Waals surface area contributed by atoms with E-state index in [0.29, 0.717) is 18.9 Å². The minimum atomic E-state index is -0.200. The molecule has 1 amide bonds. The third kappa shape index (κ3) is 3.73. The molecule has 29 heavy (non-hydrogen) atoms. The maximum atomic E-state index is 12.3. The molecule has 1 atom stereocenters. The zero-order valence-corrected chi connectivity index (χ0v) is 16.4. The number of hydrogen-bond acceptors (Lipinski definition) is 6. The third-order valence-electron chi connectivity index (χ3n) is 4.78. The molecule has 3 aromatic carbocycles. The van der Waals surface area contributed by atoms with Gasteiger partial charge in [-0.25, -0.2) is 4.99 Å². The minimum Gasteiger partial charge on any atom is -0.486 e. The molecular weight excluding hydrogens is 386 g/mol. The number of hydrogen-bond donors (Lipinski definition) is 2. The van der Waals surface area contributed by atoms with Crippen LogP contribution in [0.4, 0.5) is 11.4 Å². The van der Waals surface area contributed by atoms with Crippen LogP contribution in [0.5, 0.6) is 11.5 Å². The molecule has 2 aliphatic rings. The first-order valence-corrected chi connectivity index (χ1v) is 10.4. The summed E-state index contributed by atoms with van der Waals surface area (Å²) in [5.74, 6) is 1.65. The fourth-order valence-electron chi connectivity index (χ4n) is 3.42. The number of carbonyl (C=O) groups is 1. The number of carbonyl (C=O) groups excluding carboxylic acids is 1. The van der Waals surface area contributed by atoms with Gasteiger partial charge >= 0.3 is 0 Å². The number of amides is 1. The van der Waals surface area contributed by atoms with E-state index in [4.69, 9.17) is 9.47 Å². The molecule has 0 aromatic heterocycles. The van der Waals surface area contributed by atoms with Gasteiger partial charge in [-0.1, -0.05) is 48.2 Å². The molecule has 2 heterocycles. The van der Waals surface area contributed by atoms with Crippen LogP contribution in [-0.4, -0.2) is 36.1 Å². The molecule has 146 valence electrons. The Morgan fingerprint density at radius 3 is 2.83 bits per heavy atom. The van der Waals surface area contributed by atoms with Crippen LogP contribution in [0.2, 0.25) is 0 Å². The van der Waals surface area contributed by atoms with Crippen LogP contribution < -0.4 is 20.1 Å². The second-order valence-electron chi connectivity index (χ2n) is 6.81. The Hall–Kier alpha value is -3.19. The Morgan fingerprint density at radius 2 is 1.93 bits per heavy atom. The van der Waals surface area contributed by atoms with Crippen molar-refractivity contribution in [2.24, 2.45) is 4.99 Å². The molecule has 5 rings (SSSR count). The summed E-state index contributed by atoms with van der Waals surface area (Å²) in [7, 11) is 0. The summed E-state index contributed by atoms with van der Waals surface area (Å²) in [5.41, 5.74) is 1.94. The van der Waals surface area contributed by atoms with Crippen molar-refractivity contribution in [1.29, 1.82) is 0 Å². The van der Waals surface area contributed by atoms with Gasteiger partial charge in [0.1, 0.15) is 12.7 Å². The maximum Gasteiger partial charge on any atom is 0.230 e. The second-order valence-corrected chi connectivity index (χ2v) is 7.78. The van der Waals surface area contributed by atoms with Crippen LogP contribution in [-0.2, 0) is 4.79 Å². The van der Waals surface area contributed by atoms with Crippen LogP contribution in [0.15, 0.2) is 65.7 Å². The standard InChI is InChI=1S/C22H19N3O3S/c26-20(23-11-15-12-27-18-9-1-2-10-19(18)28-15)13-29-22-24-16-7-3-5-14-6-4-8-17(25-22)21(14)16/h1-10,15H,11-13H2,(H,23,26)(H,24,25)/t15-/m1/s1. The largest absolute Gasteiger partial charge is 0.486 e. The van der Waals surface area contributed by atoms with Gasteiger partial charge in [0.2, 0.25) is 5.91 Å². The van der Waals surface area contributed by atoms with Crippen molar-refractivity contribution < 1.29 is 14.3 Å². The topological polar surface area (TPSA) is 72.0 Å². The first-order chi connectivity index (χ1) is 14.3. The molecule has 0 saturated heterocycles. The zero-order chi connectivity index (χ0) is 19.6. The molecule has 0 unspecified atom stereocenters. The number of ether oxygens (including phenoxy) is 2. The highest BCUT2D eigenvalue weighted by atomic mass is 32.2. The van der Waals surface area contributed by atoms with Crippen LogP contribution in [0.1, 0.15) is 0 Å². The predicted molar refractivity (Wildman–Crippen MR) is 116 cm³/mol. The first kappa shape index (κ1) is 17.9. The lowest BCUT2D eigenvalue weighted by Crippen LogP contribution is -2.41. The lowest BCUT2D eigenvalue weighted by Gasteiger charge is -2.26. The quantitative estimate of drug-likeness (QED) is 0.688. The fourth-order valence-corrected chi connectivity index (χ4v) is 4.13. The van der Waals surface area contributed by atoms with E-state index in [1.165, 1.54) is 11.8 Å². The molecule has 0 radical (unpaired) electrons. The predicted octanol–water partition coefficient (Wildman–Crippen LogP) is 3.94. The van der Waals surface area contributed by atoms with Crippen LogP contribution in [0.25, 0.3) is 10.8 Å². The highest BCUT2D eigenvalue weighted by molar-refractivity contribution is 8.14. The van der Waals surface area contributed by atoms with Gasteiger partial charge in [0.25, 0.3) is 0 Å². The molecule has 2 N–H and O–H groups in total. The molecule has 6 nitrogen and oxygen atoms in total. The number of anilines is 1. The van der Waals surface area contributed by atoms with Gasteiger partial charge in [-0.05, 0) is 29.7 Å². The number of aliphatic imine (C=N–C) groups is 1. The van der Waals surface area contributed by atoms with Gasteiger partial charge in [0.05, 0.1) is 23.7 Å². The Morgan fingerprint density at radius 1 is 1.10 bits per heavy atom. The molecular formula is C22H19N3O3S. The van der Waals surface area contributed by atoms with E-state index in [0.717, 1.165) is 33.1 Å². The van der Waals surface area contributed by atoms with E-state index >= 15 is 0 Å². The highest BCUT2D eigenvalue weighted by Gasteiger charge is 2.21. The third-order valence-corrected chi connectivity index (χ3v) is 5.65. The smallest absolute Gasteiger partial charge is 0.230 e. The molecule has 0 spiro atoms. The summed E-state index contributed by atoms with van der Waals surface area (Å²) < 4.78 is 11.5. The molecule has 3 aromatic rings. The number of thioether (sulfide) groups is 1. The Bertz CT molecular complexity index is 1110. The lowest BCUT2D eigenvalue weighted by atomic mass is 10.1. The van der Waals surface area contributed by atoms with Gasteiger partial charge in [-0.2, -0.15) is 0 Å². The van der Waals surface area contributed by atoms with Crippen molar-refractivity contribution in [3.05, 3.63) is 60.7 Å². The zero-order valence-electron chi connectivity index (χ0n) is 15.6. The van der Waals surface area contributed by atoms with Crippen molar-refractivity contribution in [3.63, 3.8) is 0 Å². The SMILES string of the molecule is O=C(CSC1=Nc2cccc3cccc(c23)N1)NC[C@@H]1COc2ccccc2O1. The number of benzene rings is 3. The number of fused-ring (bicyclic) bond motifs is 1. The average Bonchev–Trinajstić information content (AvgIpc) is 2.76. The summed E-state index contributed by atoms with van der Waals surface area (Å²) in [4.78, 5) is 17.0. The fraction of sp³-hybridized carbons (Fsp3) is 0.182. The van der Waals surface area contributed by atoms with Crippen LogP contribution >= 0.6 is 11.8 Å². The molecule has 2 aliphatic heterocycles. The molecule has 0 fully saturated rings. The second kappa shape index (κ2) is 7.67. The maximum absolute atomic E-state index is 12.3. The van der Waals surface area contributed by atoms with Gasteiger partial charge in [0, 0.05) is 5.39 Å². The van der Waals surface area contributed by atoms with Crippen molar-refractivity contribution in [1.82, 2.24) is 5.32 Å². The van der Waals surface area contributed by atoms with Crippen molar-refractivity contribution in [2.75, 3.05) is 24.2 Å². The summed E-state index contributed by atoms with van der Waals surface area (Å²) in [6, 6.07) is 19.7. The van der Waals surface area contributed by atoms with Gasteiger partial charge in [-0.15, -0.1) is 0 Å². The minimum absolute atomic E-state index is 0.0703. The normalized spacial score (nSPS) is 16.7. The molecule has 0 aliphatic carbocycles. The summed E-state index contributed by atoms with van der Waals surface area (Å²) >= 11 is 1.38. The molecule has 0 bridgehead atoms. The van der Waals surface area contributed by atoms with E-state index in [2.05, 4.69) is 27.8 Å². The van der Waals surface area contributed by atoms with E-state index in [-0.39, 0.29) is 17.8 Å². The van der Waals surface area contributed by atoms with Crippen molar-refractivity contribution in [3.8, 4) is 11.5 Å². The Labute approximate surface area is 172 Å². The number of nitrogens with one attached hydrogen (secondary N) is 2. The number of nitrogens with zero attached hydrogens (tertiary/aromatic N) is 1. The summed E-state index contributed by atoms with van der Waals surface area (Å²) in [6.07, 6.45) is -0.200. The Balaban J connectivity index is 1.16. The first-order valence-electron chi connectivity index (χ1n) is 9.42. The summed E-state index contributed by atoms with van der Waals surface area (Å²) in [5, 5.41) is 9.21. The van der Waals surface area contributed by atoms with E-state index in [9.17, 15) is 4.79 Å². The van der Waals surface area contributed by atoms with Gasteiger partial charge < -0.3 is 20.1 Å². The van der Waals surface area contributed by atoms with E-state index < -0.39 is 0 Å². The molecule has 0 saturated carbocycles. The lowest BCUT2D eigenvalue weighted by molar-refractivity contribution is -0.119. The Kier molecular flexibility index (Phi) is 4.73. The van der Waals surface area contributed by atoms with Crippen molar-refractivity contribution >= 4 is 45.0 Å². The van der Waals surface area contributed by atoms with E-state index in [1.807, 2.05) is 48.5 Å². The average molecular weight is 405 g/mol. The monoisotopic (exact) mass is 405 g/mol. The van der Waals surface area contributed by atoms with E-state index in [1.54, 1.807) is 0 Å². The number of rotatable bonds is 4.